The quantitative estimate of drug-likeness (QED) is 0.416. The number of likely N-dealkylation sites (N-methyl/N-ethyl adjacent to an activating group) is 1. The molecule has 1 saturated heterocycles. The van der Waals surface area contributed by atoms with Gasteiger partial charge in [-0.05, 0) is 62.3 Å². The predicted octanol–water partition coefficient (Wildman–Crippen LogP) is 5.46. The van der Waals surface area contributed by atoms with Crippen LogP contribution in [0.15, 0.2) is 30.3 Å². The number of benzene rings is 2. The van der Waals surface area contributed by atoms with Crippen molar-refractivity contribution >= 4 is 34.0 Å². The summed E-state index contributed by atoms with van der Waals surface area (Å²) in [6.07, 6.45) is 3.44. The van der Waals surface area contributed by atoms with Crippen molar-refractivity contribution < 1.29 is 19.0 Å². The second-order valence-corrected chi connectivity index (χ2v) is 10.4. The Morgan fingerprint density at radius 1 is 1.14 bits per heavy atom. The molecule has 0 atom stereocenters. The number of aliphatic hydroxyl groups excluding tert-OH is 1. The molecule has 1 N–H and O–H groups in total. The number of hydrogen-bond acceptors (Lipinski definition) is 7. The fraction of sp³-hybridized carbons (Fsp3) is 0.500. The van der Waals surface area contributed by atoms with E-state index >= 15 is 4.39 Å². The predicted molar refractivity (Wildman–Crippen MR) is 145 cm³/mol. The van der Waals surface area contributed by atoms with Crippen molar-refractivity contribution in [1.29, 1.82) is 0 Å². The van der Waals surface area contributed by atoms with Crippen molar-refractivity contribution in [3.05, 3.63) is 46.7 Å². The summed E-state index contributed by atoms with van der Waals surface area (Å²) in [5, 5.41) is 10.7. The van der Waals surface area contributed by atoms with Crippen LogP contribution in [0, 0.1) is 0 Å². The molecular formula is C28H34ClFN4O3. The SMILES string of the molecule is COc1cccc(OC)c1C1CCN(c2nc(C3(F)CCC3)nc3c(Cl)cc(N(C)CCO)cc23)CC1. The molecule has 1 aliphatic carbocycles. The molecule has 0 spiro atoms. The number of methoxy groups -OCH3 is 2. The van der Waals surface area contributed by atoms with Crippen molar-refractivity contribution in [3.8, 4) is 11.5 Å². The number of fused-ring (bicyclic) bond motifs is 1. The highest BCUT2D eigenvalue weighted by molar-refractivity contribution is 6.35. The number of nitrogens with zero attached hydrogens (tertiary/aromatic N) is 4. The number of aromatic nitrogens is 2. The van der Waals surface area contributed by atoms with E-state index in [9.17, 15) is 5.11 Å². The zero-order valence-corrected chi connectivity index (χ0v) is 22.4. The van der Waals surface area contributed by atoms with Crippen molar-refractivity contribution in [3.63, 3.8) is 0 Å². The van der Waals surface area contributed by atoms with Gasteiger partial charge >= 0.3 is 0 Å². The fourth-order valence-corrected chi connectivity index (χ4v) is 5.73. The topological polar surface area (TPSA) is 71.0 Å². The van der Waals surface area contributed by atoms with E-state index in [0.717, 1.165) is 66.3 Å². The maximum Gasteiger partial charge on any atom is 0.170 e. The van der Waals surface area contributed by atoms with Gasteiger partial charge in [0, 0.05) is 43.3 Å². The normalized spacial score (nSPS) is 17.5. The first-order chi connectivity index (χ1) is 17.9. The van der Waals surface area contributed by atoms with Gasteiger partial charge in [-0.1, -0.05) is 17.7 Å². The molecule has 37 heavy (non-hydrogen) atoms. The summed E-state index contributed by atoms with van der Waals surface area (Å²) in [5.41, 5.74) is 1.02. The molecule has 1 aromatic heterocycles. The van der Waals surface area contributed by atoms with E-state index in [0.29, 0.717) is 29.9 Å². The number of aliphatic hydroxyl groups is 1. The summed E-state index contributed by atoms with van der Waals surface area (Å²) in [6, 6.07) is 9.70. The van der Waals surface area contributed by atoms with Gasteiger partial charge in [0.05, 0.1) is 31.4 Å². The smallest absolute Gasteiger partial charge is 0.170 e. The van der Waals surface area contributed by atoms with Gasteiger partial charge in [0.1, 0.15) is 17.3 Å². The molecule has 0 unspecified atom stereocenters. The summed E-state index contributed by atoms with van der Waals surface area (Å²) in [7, 11) is 5.27. The van der Waals surface area contributed by atoms with E-state index in [1.807, 2.05) is 42.3 Å². The fourth-order valence-electron chi connectivity index (χ4n) is 5.47. The van der Waals surface area contributed by atoms with Crippen LogP contribution in [0.4, 0.5) is 15.9 Å². The van der Waals surface area contributed by atoms with Gasteiger partial charge in [-0.2, -0.15) is 0 Å². The molecule has 5 rings (SSSR count). The highest BCUT2D eigenvalue weighted by atomic mass is 35.5. The lowest BCUT2D eigenvalue weighted by Crippen LogP contribution is -2.36. The maximum absolute atomic E-state index is 15.6. The molecular weight excluding hydrogens is 495 g/mol. The van der Waals surface area contributed by atoms with Crippen LogP contribution in [0.3, 0.4) is 0 Å². The Morgan fingerprint density at radius 2 is 1.81 bits per heavy atom. The molecule has 7 nitrogen and oxygen atoms in total. The van der Waals surface area contributed by atoms with E-state index in [2.05, 4.69) is 9.88 Å². The minimum atomic E-state index is -1.50. The Labute approximate surface area is 222 Å². The number of ether oxygens (including phenoxy) is 2. The van der Waals surface area contributed by atoms with Crippen molar-refractivity contribution in [1.82, 2.24) is 9.97 Å². The van der Waals surface area contributed by atoms with Gasteiger partial charge < -0.3 is 24.4 Å². The maximum atomic E-state index is 15.6. The Morgan fingerprint density at radius 3 is 2.38 bits per heavy atom. The molecule has 9 heteroatoms. The molecule has 1 aliphatic heterocycles. The summed E-state index contributed by atoms with van der Waals surface area (Å²) < 4.78 is 26.9. The lowest BCUT2D eigenvalue weighted by Gasteiger charge is -2.36. The molecule has 0 bridgehead atoms. The zero-order chi connectivity index (χ0) is 26.2. The molecule has 3 aromatic rings. The van der Waals surface area contributed by atoms with E-state index in [-0.39, 0.29) is 18.3 Å². The number of hydrogen-bond donors (Lipinski definition) is 1. The lowest BCUT2D eigenvalue weighted by molar-refractivity contribution is 0.0512. The van der Waals surface area contributed by atoms with Crippen LogP contribution >= 0.6 is 11.6 Å². The molecule has 1 saturated carbocycles. The van der Waals surface area contributed by atoms with Crippen LogP contribution in [0.1, 0.15) is 49.4 Å². The minimum absolute atomic E-state index is 0.0265. The van der Waals surface area contributed by atoms with Crippen LogP contribution in [-0.4, -0.2) is 62.6 Å². The van der Waals surface area contributed by atoms with E-state index < -0.39 is 5.67 Å². The molecule has 2 heterocycles. The lowest BCUT2D eigenvalue weighted by atomic mass is 9.81. The number of halogens is 2. The standard InChI is InChI=1S/C28H34ClFN4O3/c1-33(14-15-35)19-16-20-25(21(29)17-19)31-27(28(30)10-5-11-28)32-26(20)34-12-8-18(9-13-34)24-22(36-2)6-4-7-23(24)37-3/h4,6-7,16-18,35H,5,8-15H2,1-3H3. The van der Waals surface area contributed by atoms with Gasteiger partial charge in [0.2, 0.25) is 0 Å². The number of anilines is 2. The first-order valence-corrected chi connectivity index (χ1v) is 13.2. The van der Waals surface area contributed by atoms with E-state index in [1.165, 1.54) is 0 Å². The van der Waals surface area contributed by atoms with E-state index in [4.69, 9.17) is 26.1 Å². The average Bonchev–Trinajstić information content (AvgIpc) is 2.91. The van der Waals surface area contributed by atoms with Gasteiger partial charge in [-0.3, -0.25) is 0 Å². The Balaban J connectivity index is 1.53. The second kappa shape index (κ2) is 10.5. The van der Waals surface area contributed by atoms with Gasteiger partial charge in [0.25, 0.3) is 0 Å². The van der Waals surface area contributed by atoms with Crippen molar-refractivity contribution in [2.75, 3.05) is 57.3 Å². The summed E-state index contributed by atoms with van der Waals surface area (Å²) in [4.78, 5) is 13.6. The number of piperidine rings is 1. The average molecular weight is 529 g/mol. The third kappa shape index (κ3) is 4.77. The van der Waals surface area contributed by atoms with Crippen LogP contribution < -0.4 is 19.3 Å². The Hall–Kier alpha value is -2.84. The Bertz CT molecular complexity index is 1260. The first-order valence-electron chi connectivity index (χ1n) is 12.9. The summed E-state index contributed by atoms with van der Waals surface area (Å²) in [5.74, 6) is 2.88. The molecule has 2 aliphatic rings. The monoisotopic (exact) mass is 528 g/mol. The van der Waals surface area contributed by atoms with Crippen molar-refractivity contribution in [2.45, 2.75) is 43.7 Å². The van der Waals surface area contributed by atoms with Gasteiger partial charge in [0.15, 0.2) is 11.5 Å². The first kappa shape index (κ1) is 25.8. The largest absolute Gasteiger partial charge is 0.496 e. The van der Waals surface area contributed by atoms with Crippen LogP contribution in [0.5, 0.6) is 11.5 Å². The van der Waals surface area contributed by atoms with Gasteiger partial charge in [-0.15, -0.1) is 0 Å². The number of rotatable bonds is 8. The third-order valence-corrected chi connectivity index (χ3v) is 8.10. The third-order valence-electron chi connectivity index (χ3n) is 7.81. The Kier molecular flexibility index (Phi) is 7.32. The summed E-state index contributed by atoms with van der Waals surface area (Å²) in [6.45, 7) is 1.98. The molecule has 0 radical (unpaired) electrons. The molecule has 0 amide bonds. The van der Waals surface area contributed by atoms with Crippen LogP contribution in [0.25, 0.3) is 10.9 Å². The second-order valence-electron chi connectivity index (χ2n) is 10.00. The van der Waals surface area contributed by atoms with Crippen LogP contribution in [0.2, 0.25) is 5.02 Å². The van der Waals surface area contributed by atoms with E-state index in [1.54, 1.807) is 14.2 Å². The highest BCUT2D eigenvalue weighted by Crippen LogP contribution is 2.46. The molecule has 2 aromatic carbocycles. The highest BCUT2D eigenvalue weighted by Gasteiger charge is 2.43. The minimum Gasteiger partial charge on any atom is -0.496 e. The zero-order valence-electron chi connectivity index (χ0n) is 21.6. The van der Waals surface area contributed by atoms with Gasteiger partial charge in [-0.25, -0.2) is 14.4 Å². The summed E-state index contributed by atoms with van der Waals surface area (Å²) >= 11 is 6.72. The van der Waals surface area contributed by atoms with Crippen LogP contribution in [-0.2, 0) is 5.67 Å². The molecule has 2 fully saturated rings. The molecule has 198 valence electrons. The van der Waals surface area contributed by atoms with Crippen molar-refractivity contribution in [2.24, 2.45) is 0 Å². The number of alkyl halides is 1.